The Kier molecular flexibility index (Phi) is 23.2. The summed E-state index contributed by atoms with van der Waals surface area (Å²) in [6.07, 6.45) is 13.3. The van der Waals surface area contributed by atoms with Crippen molar-refractivity contribution in [3.05, 3.63) is 128 Å². The molecule has 4 aliphatic heterocycles. The molecular weight excluding hydrogens is 1050 g/mol. The summed E-state index contributed by atoms with van der Waals surface area (Å²) in [6.45, 7) is 27.9. The lowest BCUT2D eigenvalue weighted by atomic mass is 9.97. The molecule has 14 nitrogen and oxygen atoms in total. The summed E-state index contributed by atoms with van der Waals surface area (Å²) >= 11 is 24.9. The number of H-pyrrole nitrogens is 1. The number of rotatable bonds is 16. The standard InChI is InChI=1S/C26H31Cl2FN6.C24H28Cl2FN5.C6H15NO2/c1-2-21-17-34(26-23(28)13-19(15-32-26)25-30-7-8-31-25)11-12-35(21)22-5-9-33(10-6-22)16-18-3-4-20(27)14-24(18)29;1-3-20-16-31(24-22(26)13-19(28-2)14-29-24)10-11-32(20)21-6-8-30(9-7-21)15-17-4-5-18(25)12-23(17)27;1-3-8-6(5-7)9-4-2/h3-4,7-8,13-15,21-22H,2,5-6,9-12,16-17H2,1H3,(H,30,31);4-5,12-14,20-21H,3,6-11,15-16H2,1H3;6H,3-5,7H2,1-2H3/t21-;20-;/m00./s1. The molecule has 3 N–H and O–H groups in total. The predicted molar refractivity (Wildman–Crippen MR) is 304 cm³/mol. The van der Waals surface area contributed by atoms with E-state index < -0.39 is 0 Å². The van der Waals surface area contributed by atoms with Crippen molar-refractivity contribution in [1.82, 2.24) is 39.5 Å². The molecule has 2 atom stereocenters. The number of halogens is 6. The fraction of sp³-hybridized carbons (Fsp3) is 0.536. The molecule has 2 aromatic carbocycles. The number of aromatic nitrogens is 4. The fourth-order valence-electron chi connectivity index (χ4n) is 10.9. The Morgan fingerprint density at radius 2 is 1.16 bits per heavy atom. The van der Waals surface area contributed by atoms with Crippen molar-refractivity contribution in [2.24, 2.45) is 5.73 Å². The van der Waals surface area contributed by atoms with Crippen molar-refractivity contribution < 1.29 is 18.3 Å². The number of hydrogen-bond acceptors (Lipinski definition) is 12. The maximum atomic E-state index is 14.2. The van der Waals surface area contributed by atoms with Crippen molar-refractivity contribution in [3.8, 4) is 11.4 Å². The highest BCUT2D eigenvalue weighted by Gasteiger charge is 2.36. The van der Waals surface area contributed by atoms with Gasteiger partial charge in [-0.05, 0) is 115 Å². The Labute approximate surface area is 468 Å². The van der Waals surface area contributed by atoms with E-state index >= 15 is 0 Å². The predicted octanol–water partition coefficient (Wildman–Crippen LogP) is 11.5. The Bertz CT molecular complexity index is 2610. The van der Waals surface area contributed by atoms with Gasteiger partial charge in [-0.25, -0.2) is 28.6 Å². The van der Waals surface area contributed by atoms with Gasteiger partial charge in [-0.1, -0.05) is 72.4 Å². The molecular formula is C56H74Cl4F2N12O2. The number of pyridine rings is 2. The van der Waals surface area contributed by atoms with Gasteiger partial charge in [0.25, 0.3) is 0 Å². The van der Waals surface area contributed by atoms with Crippen molar-refractivity contribution in [2.75, 3.05) is 95.0 Å². The summed E-state index contributed by atoms with van der Waals surface area (Å²) in [6, 6.07) is 15.5. The lowest BCUT2D eigenvalue weighted by Crippen LogP contribution is -2.58. The number of imidazole rings is 1. The highest BCUT2D eigenvalue weighted by atomic mass is 35.5. The first-order valence-electron chi connectivity index (χ1n) is 26.8. The molecule has 0 spiro atoms. The van der Waals surface area contributed by atoms with Crippen molar-refractivity contribution >= 4 is 63.7 Å². The molecule has 0 unspecified atom stereocenters. The van der Waals surface area contributed by atoms with Crippen molar-refractivity contribution in [2.45, 2.75) is 110 Å². The molecule has 76 heavy (non-hydrogen) atoms. The van der Waals surface area contributed by atoms with E-state index in [2.05, 4.69) is 63.0 Å². The number of hydrogen-bond donors (Lipinski definition) is 2. The van der Waals surface area contributed by atoms with E-state index in [1.807, 2.05) is 26.1 Å². The van der Waals surface area contributed by atoms with Gasteiger partial charge in [0.15, 0.2) is 6.29 Å². The lowest BCUT2D eigenvalue weighted by molar-refractivity contribution is -0.128. The average molecular weight is 1130 g/mol. The van der Waals surface area contributed by atoms with Gasteiger partial charge in [0, 0.05) is 148 Å². The molecule has 9 rings (SSSR count). The molecule has 0 amide bonds. The number of nitrogens with two attached hydrogens (primary N) is 1. The summed E-state index contributed by atoms with van der Waals surface area (Å²) in [5.74, 6) is 1.95. The normalized spacial score (nSPS) is 19.5. The fourth-order valence-corrected chi connectivity index (χ4v) is 11.8. The van der Waals surface area contributed by atoms with Crippen LogP contribution in [-0.2, 0) is 22.6 Å². The summed E-state index contributed by atoms with van der Waals surface area (Å²) in [4.78, 5) is 34.5. The quantitative estimate of drug-likeness (QED) is 0.0722. The van der Waals surface area contributed by atoms with E-state index in [1.165, 1.54) is 12.1 Å². The molecule has 20 heteroatoms. The molecule has 5 aromatic rings. The van der Waals surface area contributed by atoms with E-state index in [0.29, 0.717) is 88.4 Å². The number of aromatic amines is 1. The second kappa shape index (κ2) is 29.7. The lowest BCUT2D eigenvalue weighted by Gasteiger charge is -2.47. The average Bonchev–Trinajstić information content (AvgIpc) is 3.99. The molecule has 3 aromatic heterocycles. The summed E-state index contributed by atoms with van der Waals surface area (Å²) in [5.41, 5.74) is 8.08. The van der Waals surface area contributed by atoms with Crippen molar-refractivity contribution in [1.29, 1.82) is 0 Å². The van der Waals surface area contributed by atoms with Gasteiger partial charge in [0.1, 0.15) is 29.1 Å². The molecule has 0 saturated carbocycles. The summed E-state index contributed by atoms with van der Waals surface area (Å²) in [7, 11) is 0. The number of benzene rings is 2. The van der Waals surface area contributed by atoms with Crippen LogP contribution in [0.3, 0.4) is 0 Å². The first-order valence-corrected chi connectivity index (χ1v) is 28.3. The molecule has 4 fully saturated rings. The van der Waals surface area contributed by atoms with Crippen LogP contribution in [0.25, 0.3) is 16.2 Å². The summed E-state index contributed by atoms with van der Waals surface area (Å²) in [5, 5.41) is 2.09. The van der Waals surface area contributed by atoms with Crippen LogP contribution in [0, 0.1) is 18.2 Å². The van der Waals surface area contributed by atoms with Crippen LogP contribution in [0.1, 0.15) is 77.3 Å². The Morgan fingerprint density at radius 3 is 1.55 bits per heavy atom. The van der Waals surface area contributed by atoms with Crippen molar-refractivity contribution in [3.63, 3.8) is 0 Å². The number of ether oxygens (including phenoxy) is 2. The van der Waals surface area contributed by atoms with E-state index in [0.717, 1.165) is 133 Å². The van der Waals surface area contributed by atoms with Gasteiger partial charge in [-0.2, -0.15) is 0 Å². The summed E-state index contributed by atoms with van der Waals surface area (Å²) < 4.78 is 38.6. The molecule has 0 radical (unpaired) electrons. The van der Waals surface area contributed by atoms with Gasteiger partial charge in [0.2, 0.25) is 5.69 Å². The number of nitrogens with one attached hydrogen (secondary N) is 1. The molecule has 4 saturated heterocycles. The van der Waals surface area contributed by atoms with Gasteiger partial charge >= 0.3 is 0 Å². The molecule has 7 heterocycles. The zero-order chi connectivity index (χ0) is 54.1. The minimum absolute atomic E-state index is 0.208. The maximum Gasteiger partial charge on any atom is 0.206 e. The second-order valence-electron chi connectivity index (χ2n) is 19.6. The zero-order valence-corrected chi connectivity index (χ0v) is 47.3. The van der Waals surface area contributed by atoms with Crippen LogP contribution in [0.4, 0.5) is 26.1 Å². The third-order valence-corrected chi connectivity index (χ3v) is 15.9. The number of likely N-dealkylation sites (tertiary alicyclic amines) is 2. The Balaban J connectivity index is 0.000000191. The topological polar surface area (TPSA) is 123 Å². The maximum absolute atomic E-state index is 14.2. The first kappa shape index (κ1) is 59.4. The Morgan fingerprint density at radius 1 is 0.671 bits per heavy atom. The largest absolute Gasteiger partial charge is 0.353 e. The van der Waals surface area contributed by atoms with Crippen LogP contribution in [0.5, 0.6) is 0 Å². The van der Waals surface area contributed by atoms with Crippen LogP contribution < -0.4 is 15.5 Å². The van der Waals surface area contributed by atoms with E-state index in [9.17, 15) is 8.78 Å². The van der Waals surface area contributed by atoms with Crippen LogP contribution in [0.2, 0.25) is 20.1 Å². The number of nitrogens with zero attached hydrogens (tertiary/aromatic N) is 10. The van der Waals surface area contributed by atoms with Gasteiger partial charge < -0.3 is 30.0 Å². The highest BCUT2D eigenvalue weighted by molar-refractivity contribution is 6.33. The number of anilines is 2. The van der Waals surface area contributed by atoms with Crippen LogP contribution in [0.15, 0.2) is 73.3 Å². The van der Waals surface area contributed by atoms with Crippen LogP contribution >= 0.6 is 46.4 Å². The third kappa shape index (κ3) is 16.2. The SMILES string of the molecule is CCOC(CN)OCC.CC[C@H]1CN(c2ncc(-c3ncc[nH]3)cc2Cl)CCN1C1CCN(Cc2ccc(Cl)cc2F)CC1.[C-]#[N+]c1cnc(N2CCN(C3CCN(Cc4ccc(Cl)cc4F)CC3)[C@@H](CC)C2)c(Cl)c1. The first-order chi connectivity index (χ1) is 36.8. The highest BCUT2D eigenvalue weighted by Crippen LogP contribution is 2.34. The molecule has 0 bridgehead atoms. The minimum atomic E-state index is -0.224. The Hall–Kier alpha value is -4.22. The number of piperazine rings is 2. The monoisotopic (exact) mass is 1120 g/mol. The zero-order valence-electron chi connectivity index (χ0n) is 44.3. The third-order valence-electron chi connectivity index (χ3n) is 14.9. The van der Waals surface area contributed by atoms with Gasteiger partial charge in [-0.3, -0.25) is 19.6 Å². The minimum Gasteiger partial charge on any atom is -0.353 e. The van der Waals surface area contributed by atoms with Crippen LogP contribution in [-0.4, -0.2) is 155 Å². The second-order valence-corrected chi connectivity index (χ2v) is 21.3. The smallest absolute Gasteiger partial charge is 0.206 e. The number of piperidine rings is 2. The van der Waals surface area contributed by atoms with E-state index in [1.54, 1.807) is 48.9 Å². The molecule has 412 valence electrons. The van der Waals surface area contributed by atoms with E-state index in [-0.39, 0.29) is 17.9 Å². The van der Waals surface area contributed by atoms with E-state index in [4.69, 9.17) is 73.2 Å². The van der Waals surface area contributed by atoms with Gasteiger partial charge in [-0.15, -0.1) is 0 Å². The molecule has 4 aliphatic rings. The van der Waals surface area contributed by atoms with Gasteiger partial charge in [0.05, 0.1) is 16.6 Å². The molecule has 0 aliphatic carbocycles.